The molecule has 2 rings (SSSR count). The van der Waals surface area contributed by atoms with Gasteiger partial charge in [0.15, 0.2) is 0 Å². The lowest BCUT2D eigenvalue weighted by molar-refractivity contribution is -0.388. The Morgan fingerprint density at radius 3 is 3.11 bits per heavy atom. The highest BCUT2D eigenvalue weighted by atomic mass is 16.6. The van der Waals surface area contributed by atoms with Crippen molar-refractivity contribution in [2.75, 3.05) is 24.6 Å². The molecule has 0 bridgehead atoms. The number of anilines is 1. The summed E-state index contributed by atoms with van der Waals surface area (Å²) >= 11 is 0. The molecule has 1 atom stereocenters. The highest BCUT2D eigenvalue weighted by molar-refractivity contribution is 5.67. The third kappa shape index (κ3) is 2.81. The second-order valence-corrected chi connectivity index (χ2v) is 4.30. The van der Waals surface area contributed by atoms with Gasteiger partial charge in [0.05, 0.1) is 19.1 Å². The molecular formula is C10H14N4O5. The molecule has 9 nitrogen and oxygen atoms in total. The van der Waals surface area contributed by atoms with Crippen LogP contribution in [0.2, 0.25) is 0 Å². The van der Waals surface area contributed by atoms with Crippen LogP contribution in [0.1, 0.15) is 6.42 Å². The third-order valence-electron chi connectivity index (χ3n) is 2.90. The van der Waals surface area contributed by atoms with Crippen LogP contribution in [-0.4, -0.2) is 51.4 Å². The lowest BCUT2D eigenvalue weighted by Gasteiger charge is -2.32. The van der Waals surface area contributed by atoms with Crippen LogP contribution in [0, 0.1) is 10.1 Å². The number of carboxylic acids is 1. The smallest absolute Gasteiger partial charge is 0.406 e. The quantitative estimate of drug-likeness (QED) is 0.605. The number of imidazole rings is 1. The van der Waals surface area contributed by atoms with Gasteiger partial charge in [-0.25, -0.2) is 0 Å². The zero-order valence-electron chi connectivity index (χ0n) is 10.4. The van der Waals surface area contributed by atoms with E-state index in [4.69, 9.17) is 9.84 Å². The standard InChI is InChI=1S/C10H14N4O5/c1-12-6-11-9(14(17)18)10(12)13-2-3-19-7(5-13)4-8(15)16/h6-7H,2-5H2,1H3,(H,15,16). The van der Waals surface area contributed by atoms with Crippen LogP contribution in [0.5, 0.6) is 0 Å². The average molecular weight is 270 g/mol. The molecule has 0 amide bonds. The minimum atomic E-state index is -0.952. The molecule has 1 aromatic heterocycles. The molecule has 1 aromatic rings. The molecule has 0 saturated carbocycles. The number of morpholine rings is 1. The van der Waals surface area contributed by atoms with E-state index in [0.29, 0.717) is 25.5 Å². The molecule has 1 saturated heterocycles. The maximum atomic E-state index is 10.9. The summed E-state index contributed by atoms with van der Waals surface area (Å²) in [4.78, 5) is 26.5. The zero-order valence-corrected chi connectivity index (χ0v) is 10.4. The fraction of sp³-hybridized carbons (Fsp3) is 0.600. The van der Waals surface area contributed by atoms with Crippen molar-refractivity contribution in [3.05, 3.63) is 16.4 Å². The number of nitrogens with zero attached hydrogens (tertiary/aromatic N) is 4. The molecule has 0 aliphatic carbocycles. The molecule has 0 spiro atoms. The number of hydrogen-bond donors (Lipinski definition) is 1. The third-order valence-corrected chi connectivity index (χ3v) is 2.90. The van der Waals surface area contributed by atoms with E-state index in [-0.39, 0.29) is 12.2 Å². The summed E-state index contributed by atoms with van der Waals surface area (Å²) in [6, 6.07) is 0. The summed E-state index contributed by atoms with van der Waals surface area (Å²) in [5, 5.41) is 19.7. The fourth-order valence-corrected chi connectivity index (χ4v) is 2.13. The summed E-state index contributed by atoms with van der Waals surface area (Å²) in [6.45, 7) is 1.10. The Labute approximate surface area is 108 Å². The lowest BCUT2D eigenvalue weighted by atomic mass is 10.2. The van der Waals surface area contributed by atoms with Crippen LogP contribution in [0.3, 0.4) is 0 Å². The highest BCUT2D eigenvalue weighted by Crippen LogP contribution is 2.27. The molecule has 104 valence electrons. The van der Waals surface area contributed by atoms with E-state index in [1.54, 1.807) is 16.5 Å². The first kappa shape index (κ1) is 13.3. The van der Waals surface area contributed by atoms with Crippen LogP contribution in [0.25, 0.3) is 0 Å². The maximum Gasteiger partial charge on any atom is 0.406 e. The SMILES string of the molecule is Cn1cnc([N+](=O)[O-])c1N1CCOC(CC(=O)O)C1. The van der Waals surface area contributed by atoms with Gasteiger partial charge in [-0.2, -0.15) is 0 Å². The van der Waals surface area contributed by atoms with Gasteiger partial charge in [0.2, 0.25) is 12.1 Å². The minimum absolute atomic E-state index is 0.123. The van der Waals surface area contributed by atoms with Gasteiger partial charge < -0.3 is 24.9 Å². The number of aliphatic carboxylic acids is 1. The van der Waals surface area contributed by atoms with E-state index in [2.05, 4.69) is 4.98 Å². The van der Waals surface area contributed by atoms with E-state index >= 15 is 0 Å². The van der Waals surface area contributed by atoms with E-state index < -0.39 is 17.0 Å². The summed E-state index contributed by atoms with van der Waals surface area (Å²) in [6.07, 6.45) is 0.776. The Morgan fingerprint density at radius 1 is 1.74 bits per heavy atom. The molecule has 1 aliphatic heterocycles. The molecule has 2 heterocycles. The monoisotopic (exact) mass is 270 g/mol. The largest absolute Gasteiger partial charge is 0.481 e. The highest BCUT2D eigenvalue weighted by Gasteiger charge is 2.30. The Kier molecular flexibility index (Phi) is 3.65. The molecular weight excluding hydrogens is 256 g/mol. The van der Waals surface area contributed by atoms with Gasteiger partial charge in [0.25, 0.3) is 0 Å². The molecule has 1 aliphatic rings. The molecule has 1 N–H and O–H groups in total. The Hall–Kier alpha value is -2.16. The van der Waals surface area contributed by atoms with Crippen LogP contribution in [0.15, 0.2) is 6.33 Å². The Morgan fingerprint density at radius 2 is 2.47 bits per heavy atom. The van der Waals surface area contributed by atoms with Crippen molar-refractivity contribution < 1.29 is 19.6 Å². The first-order valence-electron chi connectivity index (χ1n) is 5.73. The van der Waals surface area contributed by atoms with Crippen LogP contribution in [-0.2, 0) is 16.6 Å². The molecule has 1 unspecified atom stereocenters. The van der Waals surface area contributed by atoms with Crippen molar-refractivity contribution in [2.24, 2.45) is 7.05 Å². The van der Waals surface area contributed by atoms with Gasteiger partial charge in [0.1, 0.15) is 0 Å². The second kappa shape index (κ2) is 5.22. The topological polar surface area (TPSA) is 111 Å². The summed E-state index contributed by atoms with van der Waals surface area (Å²) in [7, 11) is 1.66. The lowest BCUT2D eigenvalue weighted by Crippen LogP contribution is -2.44. The number of aryl methyl sites for hydroxylation is 1. The number of rotatable bonds is 4. The second-order valence-electron chi connectivity index (χ2n) is 4.30. The first-order valence-corrected chi connectivity index (χ1v) is 5.73. The molecule has 1 fully saturated rings. The number of hydrogen-bond acceptors (Lipinski definition) is 6. The van der Waals surface area contributed by atoms with E-state index in [9.17, 15) is 14.9 Å². The van der Waals surface area contributed by atoms with Crippen molar-refractivity contribution in [1.29, 1.82) is 0 Å². The molecule has 0 aromatic carbocycles. The van der Waals surface area contributed by atoms with Gasteiger partial charge in [-0.15, -0.1) is 0 Å². The van der Waals surface area contributed by atoms with Crippen molar-refractivity contribution in [3.63, 3.8) is 0 Å². The van der Waals surface area contributed by atoms with Gasteiger partial charge in [-0.3, -0.25) is 9.36 Å². The summed E-state index contributed by atoms with van der Waals surface area (Å²) in [5.41, 5.74) is 0. The van der Waals surface area contributed by atoms with Crippen LogP contribution < -0.4 is 4.90 Å². The number of nitro groups is 1. The average Bonchev–Trinajstić information content (AvgIpc) is 2.70. The number of carboxylic acid groups (broad SMARTS) is 1. The van der Waals surface area contributed by atoms with Crippen LogP contribution >= 0.6 is 0 Å². The van der Waals surface area contributed by atoms with Crippen LogP contribution in [0.4, 0.5) is 11.6 Å². The van der Waals surface area contributed by atoms with Crippen molar-refractivity contribution in [1.82, 2.24) is 9.55 Å². The van der Waals surface area contributed by atoms with Gasteiger partial charge in [0, 0.05) is 20.1 Å². The summed E-state index contributed by atoms with van der Waals surface area (Å²) < 4.78 is 6.89. The van der Waals surface area contributed by atoms with Crippen molar-refractivity contribution in [3.8, 4) is 0 Å². The van der Waals surface area contributed by atoms with E-state index in [0.717, 1.165) is 0 Å². The molecule has 19 heavy (non-hydrogen) atoms. The summed E-state index contributed by atoms with van der Waals surface area (Å²) in [5.74, 6) is -0.798. The Balaban J connectivity index is 2.19. The van der Waals surface area contributed by atoms with Crippen molar-refractivity contribution in [2.45, 2.75) is 12.5 Å². The van der Waals surface area contributed by atoms with Gasteiger partial charge >= 0.3 is 11.8 Å². The Bertz CT molecular complexity index is 500. The number of ether oxygens (including phenoxy) is 1. The minimum Gasteiger partial charge on any atom is -0.481 e. The number of aromatic nitrogens is 2. The maximum absolute atomic E-state index is 10.9. The van der Waals surface area contributed by atoms with Gasteiger partial charge in [-0.1, -0.05) is 0 Å². The predicted octanol–water partition coefficient (Wildman–Crippen LogP) is 0.00820. The zero-order chi connectivity index (χ0) is 14.0. The van der Waals surface area contributed by atoms with Crippen molar-refractivity contribution >= 4 is 17.6 Å². The fourth-order valence-electron chi connectivity index (χ4n) is 2.13. The van der Waals surface area contributed by atoms with E-state index in [1.807, 2.05) is 0 Å². The molecule has 0 radical (unpaired) electrons. The predicted molar refractivity (Wildman–Crippen MR) is 64.1 cm³/mol. The first-order chi connectivity index (χ1) is 8.99. The normalized spacial score (nSPS) is 19.4. The van der Waals surface area contributed by atoms with E-state index in [1.165, 1.54) is 6.33 Å². The van der Waals surface area contributed by atoms with Gasteiger partial charge in [-0.05, 0) is 9.91 Å². The number of carbonyl (C=O) groups is 1. The molecule has 9 heteroatoms.